The van der Waals surface area contributed by atoms with Crippen LogP contribution in [0.15, 0.2) is 0 Å². The first-order chi connectivity index (χ1) is 12.3. The van der Waals surface area contributed by atoms with Crippen molar-refractivity contribution in [3.63, 3.8) is 0 Å². The highest BCUT2D eigenvalue weighted by Gasteiger charge is 2.42. The maximum atomic E-state index is 12.5. The van der Waals surface area contributed by atoms with Crippen molar-refractivity contribution in [3.8, 4) is 0 Å². The van der Waals surface area contributed by atoms with E-state index in [0.717, 1.165) is 12.8 Å². The third-order valence-electron chi connectivity index (χ3n) is 5.62. The van der Waals surface area contributed by atoms with Gasteiger partial charge in [0.05, 0.1) is 5.92 Å². The van der Waals surface area contributed by atoms with E-state index in [1.54, 1.807) is 0 Å². The van der Waals surface area contributed by atoms with Gasteiger partial charge in [-0.25, -0.2) is 0 Å². The molecule has 9 heteroatoms. The average Bonchev–Trinajstić information content (AvgIpc) is 2.96. The molecule has 4 N–H and O–H groups in total. The third-order valence-corrected chi connectivity index (χ3v) is 5.62. The van der Waals surface area contributed by atoms with Crippen LogP contribution in [0.4, 0.5) is 11.9 Å². The number of amides is 1. The van der Waals surface area contributed by atoms with Gasteiger partial charge in [-0.3, -0.25) is 9.59 Å². The lowest BCUT2D eigenvalue weighted by atomic mass is 9.77. The topological polar surface area (TPSA) is 137 Å². The molecule has 1 aliphatic carbocycles. The molecule has 9 nitrogen and oxygen atoms in total. The molecule has 26 heavy (non-hydrogen) atoms. The van der Waals surface area contributed by atoms with E-state index in [2.05, 4.69) is 28.8 Å². The number of rotatable bonds is 4. The van der Waals surface area contributed by atoms with E-state index in [0.29, 0.717) is 18.4 Å². The Balaban J connectivity index is 1.58. The Kier molecular flexibility index (Phi) is 5.24. The van der Waals surface area contributed by atoms with Crippen LogP contribution in [-0.4, -0.2) is 44.3 Å². The number of likely N-dealkylation sites (tertiary alicyclic amines) is 1. The van der Waals surface area contributed by atoms with Gasteiger partial charge >= 0.3 is 5.97 Å². The normalized spacial score (nSPS) is 29.0. The Morgan fingerprint density at radius 1 is 1.19 bits per heavy atom. The molecule has 1 amide bonds. The highest BCUT2D eigenvalue weighted by Crippen LogP contribution is 2.35. The molecule has 1 aromatic rings. The van der Waals surface area contributed by atoms with Gasteiger partial charge in [0.25, 0.3) is 0 Å². The number of hydrogen-bond donors (Lipinski definition) is 2. The van der Waals surface area contributed by atoms with Crippen LogP contribution in [0.3, 0.4) is 0 Å². The Labute approximate surface area is 152 Å². The minimum absolute atomic E-state index is 0.0221. The molecule has 1 aromatic heterocycles. The number of nitrogen functional groups attached to an aromatic ring is 2. The lowest BCUT2D eigenvalue weighted by Crippen LogP contribution is -2.45. The van der Waals surface area contributed by atoms with Gasteiger partial charge in [-0.15, -0.1) is 0 Å². The van der Waals surface area contributed by atoms with Crippen molar-refractivity contribution in [1.82, 2.24) is 19.9 Å². The van der Waals surface area contributed by atoms with E-state index in [9.17, 15) is 9.59 Å². The quantitative estimate of drug-likeness (QED) is 0.749. The van der Waals surface area contributed by atoms with E-state index in [4.69, 9.17) is 16.2 Å². The fourth-order valence-corrected chi connectivity index (χ4v) is 3.98. The summed E-state index contributed by atoms with van der Waals surface area (Å²) in [6, 6.07) is 0.215. The van der Waals surface area contributed by atoms with Crippen LogP contribution in [-0.2, 0) is 20.9 Å². The predicted molar refractivity (Wildman–Crippen MR) is 94.2 cm³/mol. The zero-order valence-corrected chi connectivity index (χ0v) is 15.2. The molecular formula is C17H26N6O3. The number of anilines is 2. The van der Waals surface area contributed by atoms with Crippen LogP contribution < -0.4 is 11.5 Å². The van der Waals surface area contributed by atoms with Crippen LogP contribution in [0.25, 0.3) is 0 Å². The van der Waals surface area contributed by atoms with Crippen molar-refractivity contribution in [3.05, 3.63) is 5.82 Å². The molecule has 0 spiro atoms. The van der Waals surface area contributed by atoms with Gasteiger partial charge in [-0.2, -0.15) is 15.0 Å². The summed E-state index contributed by atoms with van der Waals surface area (Å²) < 4.78 is 5.27. The van der Waals surface area contributed by atoms with E-state index in [-0.39, 0.29) is 42.7 Å². The first-order valence-corrected chi connectivity index (χ1v) is 9.07. The summed E-state index contributed by atoms with van der Waals surface area (Å²) in [6.45, 7) is 4.70. The van der Waals surface area contributed by atoms with Crippen molar-refractivity contribution < 1.29 is 14.3 Å². The fourth-order valence-electron chi connectivity index (χ4n) is 3.98. The van der Waals surface area contributed by atoms with Gasteiger partial charge in [-0.05, 0) is 18.3 Å². The molecule has 142 valence electrons. The van der Waals surface area contributed by atoms with Gasteiger partial charge in [-0.1, -0.05) is 26.7 Å². The van der Waals surface area contributed by atoms with Gasteiger partial charge in [0.1, 0.15) is 0 Å². The number of carbonyl (C=O) groups excluding carboxylic acids is 2. The molecule has 2 fully saturated rings. The summed E-state index contributed by atoms with van der Waals surface area (Å²) in [5.41, 5.74) is 11.0. The summed E-state index contributed by atoms with van der Waals surface area (Å²) in [5, 5.41) is 0. The Bertz CT molecular complexity index is 677. The zero-order valence-electron chi connectivity index (χ0n) is 15.2. The number of nitrogens with zero attached hydrogens (tertiary/aromatic N) is 4. The SMILES string of the molecule is C[C@@H]1[C@@H](C)CCC[C@@H]1N1C[C@H](C(=O)OCc2nc(N)nc(N)n2)CC1=O. The van der Waals surface area contributed by atoms with Crippen LogP contribution >= 0.6 is 0 Å². The monoisotopic (exact) mass is 362 g/mol. The Hall–Kier alpha value is -2.45. The van der Waals surface area contributed by atoms with E-state index < -0.39 is 11.9 Å². The Morgan fingerprint density at radius 2 is 1.88 bits per heavy atom. The standard InChI is InChI=1S/C17H26N6O3/c1-9-4-3-5-12(10(9)2)23-7-11(6-14(23)24)15(25)26-8-13-20-16(18)22-17(19)21-13/h9-12H,3-8H2,1-2H3,(H4,18,19,20,21,22)/t9-,10+,11+,12-/m0/s1. The third kappa shape index (κ3) is 3.86. The number of ether oxygens (including phenoxy) is 1. The van der Waals surface area contributed by atoms with Crippen LogP contribution in [0.5, 0.6) is 0 Å². The van der Waals surface area contributed by atoms with Crippen molar-refractivity contribution in [2.45, 2.75) is 52.2 Å². The van der Waals surface area contributed by atoms with Gasteiger partial charge in [0.15, 0.2) is 12.4 Å². The molecule has 2 heterocycles. The largest absolute Gasteiger partial charge is 0.457 e. The predicted octanol–water partition coefficient (Wildman–Crippen LogP) is 0.752. The second-order valence-corrected chi connectivity index (χ2v) is 7.36. The van der Waals surface area contributed by atoms with Crippen molar-refractivity contribution >= 4 is 23.8 Å². The van der Waals surface area contributed by atoms with Crippen molar-refractivity contribution in [2.75, 3.05) is 18.0 Å². The first-order valence-electron chi connectivity index (χ1n) is 9.07. The van der Waals surface area contributed by atoms with Gasteiger partial charge in [0, 0.05) is 19.0 Å². The molecule has 4 atom stereocenters. The molecule has 0 radical (unpaired) electrons. The second kappa shape index (κ2) is 7.43. The highest BCUT2D eigenvalue weighted by atomic mass is 16.5. The van der Waals surface area contributed by atoms with Crippen LogP contribution in [0.1, 0.15) is 45.4 Å². The molecule has 2 aliphatic rings. The van der Waals surface area contributed by atoms with Crippen LogP contribution in [0, 0.1) is 17.8 Å². The smallest absolute Gasteiger partial charge is 0.311 e. The van der Waals surface area contributed by atoms with E-state index in [1.165, 1.54) is 6.42 Å². The molecule has 1 aliphatic heterocycles. The maximum absolute atomic E-state index is 12.5. The summed E-state index contributed by atoms with van der Waals surface area (Å²) >= 11 is 0. The first kappa shape index (κ1) is 18.3. The lowest BCUT2D eigenvalue weighted by Gasteiger charge is -2.39. The molecule has 0 unspecified atom stereocenters. The fraction of sp³-hybridized carbons (Fsp3) is 0.706. The number of carbonyl (C=O) groups is 2. The summed E-state index contributed by atoms with van der Waals surface area (Å²) in [6.07, 6.45) is 3.51. The second-order valence-electron chi connectivity index (χ2n) is 7.36. The molecule has 1 saturated carbocycles. The maximum Gasteiger partial charge on any atom is 0.311 e. The highest BCUT2D eigenvalue weighted by molar-refractivity contribution is 5.87. The number of esters is 1. The molecule has 1 saturated heterocycles. The summed E-state index contributed by atoms with van der Waals surface area (Å²) in [7, 11) is 0. The molecule has 0 aromatic carbocycles. The van der Waals surface area contributed by atoms with E-state index >= 15 is 0 Å². The van der Waals surface area contributed by atoms with Gasteiger partial charge in [0.2, 0.25) is 17.8 Å². The van der Waals surface area contributed by atoms with Crippen molar-refractivity contribution in [2.24, 2.45) is 17.8 Å². The van der Waals surface area contributed by atoms with Crippen LogP contribution in [0.2, 0.25) is 0 Å². The molecule has 3 rings (SSSR count). The summed E-state index contributed by atoms with van der Waals surface area (Å²) in [4.78, 5) is 38.1. The number of nitrogens with two attached hydrogens (primary N) is 2. The number of aromatic nitrogens is 3. The lowest BCUT2D eigenvalue weighted by molar-refractivity contribution is -0.150. The zero-order chi connectivity index (χ0) is 18.8. The average molecular weight is 362 g/mol. The minimum atomic E-state index is -0.455. The minimum Gasteiger partial charge on any atom is -0.457 e. The summed E-state index contributed by atoms with van der Waals surface area (Å²) in [5.74, 6) is 0.340. The van der Waals surface area contributed by atoms with Crippen molar-refractivity contribution in [1.29, 1.82) is 0 Å². The molecule has 0 bridgehead atoms. The van der Waals surface area contributed by atoms with Gasteiger partial charge < -0.3 is 21.1 Å². The molecular weight excluding hydrogens is 336 g/mol. The number of hydrogen-bond acceptors (Lipinski definition) is 8. The Morgan fingerprint density at radius 3 is 2.58 bits per heavy atom. The van der Waals surface area contributed by atoms with E-state index in [1.807, 2.05) is 4.90 Å².